The minimum atomic E-state index is -2.73. The third-order valence-electron chi connectivity index (χ3n) is 6.85. The van der Waals surface area contributed by atoms with E-state index in [-0.39, 0.29) is 6.42 Å². The number of rotatable bonds is 5. The molecule has 0 atom stereocenters. The minimum absolute atomic E-state index is 0.273. The summed E-state index contributed by atoms with van der Waals surface area (Å²) in [5.41, 5.74) is 9.63. The predicted molar refractivity (Wildman–Crippen MR) is 124 cm³/mol. The van der Waals surface area contributed by atoms with Crippen LogP contribution in [0.25, 0.3) is 10.9 Å². The van der Waals surface area contributed by atoms with E-state index in [1.165, 1.54) is 5.56 Å². The van der Waals surface area contributed by atoms with E-state index in [0.717, 1.165) is 74.9 Å². The molecule has 0 aliphatic carbocycles. The Morgan fingerprint density at radius 1 is 1.00 bits per heavy atom. The van der Waals surface area contributed by atoms with Gasteiger partial charge in [0, 0.05) is 42.5 Å². The lowest BCUT2D eigenvalue weighted by molar-refractivity contribution is 0.0226. The third kappa shape index (κ3) is 4.39. The Morgan fingerprint density at radius 3 is 2.38 bits per heavy atom. The number of nitrogens with two attached hydrogens (primary N) is 1. The number of likely N-dealkylation sites (tertiary alicyclic amines) is 1. The summed E-state index contributed by atoms with van der Waals surface area (Å²) >= 11 is 0. The van der Waals surface area contributed by atoms with Crippen molar-refractivity contribution < 1.29 is 8.78 Å². The van der Waals surface area contributed by atoms with Gasteiger partial charge < -0.3 is 10.6 Å². The Morgan fingerprint density at radius 2 is 1.69 bits per heavy atom. The molecule has 3 heterocycles. The van der Waals surface area contributed by atoms with Gasteiger partial charge >= 0.3 is 0 Å². The molecule has 2 aliphatic rings. The quantitative estimate of drug-likeness (QED) is 0.595. The maximum Gasteiger partial charge on any atom is 0.249 e. The number of hydrogen-bond donors (Lipinski definition) is 1. The second kappa shape index (κ2) is 7.96. The van der Waals surface area contributed by atoms with Crippen LogP contribution in [0.3, 0.4) is 0 Å². The molecule has 0 radical (unpaired) electrons. The van der Waals surface area contributed by atoms with Crippen LogP contribution in [0.5, 0.6) is 0 Å². The van der Waals surface area contributed by atoms with Crippen LogP contribution >= 0.6 is 0 Å². The maximum absolute atomic E-state index is 13.5. The van der Waals surface area contributed by atoms with Crippen molar-refractivity contribution in [2.45, 2.75) is 38.7 Å². The van der Waals surface area contributed by atoms with Gasteiger partial charge in [0.1, 0.15) is 12.1 Å². The van der Waals surface area contributed by atoms with Gasteiger partial charge in [0.25, 0.3) is 0 Å². The number of alkyl halides is 2. The Kier molecular flexibility index (Phi) is 5.24. The van der Waals surface area contributed by atoms with E-state index in [1.807, 2.05) is 24.3 Å². The van der Waals surface area contributed by atoms with E-state index in [2.05, 4.69) is 31.9 Å². The van der Waals surface area contributed by atoms with Crippen LogP contribution in [0, 0.1) is 5.41 Å². The highest BCUT2D eigenvalue weighted by Gasteiger charge is 2.45. The summed E-state index contributed by atoms with van der Waals surface area (Å²) in [6, 6.07) is 13.5. The Bertz CT molecular complexity index is 1090. The molecule has 2 fully saturated rings. The number of aromatic nitrogens is 2. The molecule has 1 spiro atoms. The van der Waals surface area contributed by atoms with Crippen molar-refractivity contribution in [1.82, 2.24) is 14.9 Å². The lowest BCUT2D eigenvalue weighted by Crippen LogP contribution is -2.60. The number of nitrogens with zero attached hydrogens (tertiary/aromatic N) is 4. The number of benzene rings is 2. The van der Waals surface area contributed by atoms with Crippen molar-refractivity contribution in [3.8, 4) is 0 Å². The van der Waals surface area contributed by atoms with Crippen LogP contribution in [0.4, 0.5) is 20.3 Å². The normalized spacial score (nSPS) is 18.8. The van der Waals surface area contributed by atoms with Crippen LogP contribution in [-0.4, -0.2) is 47.0 Å². The Balaban J connectivity index is 1.24. The van der Waals surface area contributed by atoms with E-state index in [1.54, 1.807) is 12.4 Å². The minimum Gasteiger partial charge on any atom is -0.399 e. The molecule has 2 aliphatic heterocycles. The van der Waals surface area contributed by atoms with E-state index in [0.29, 0.717) is 11.0 Å². The summed E-state index contributed by atoms with van der Waals surface area (Å²) in [5, 5.41) is 0.866. The van der Waals surface area contributed by atoms with Crippen molar-refractivity contribution in [3.63, 3.8) is 0 Å². The zero-order valence-electron chi connectivity index (χ0n) is 18.4. The molecule has 1 aromatic heterocycles. The highest BCUT2D eigenvalue weighted by molar-refractivity contribution is 5.90. The van der Waals surface area contributed by atoms with Gasteiger partial charge in [-0.3, -0.25) is 4.90 Å². The number of halogens is 2. The largest absolute Gasteiger partial charge is 0.399 e. The van der Waals surface area contributed by atoms with Crippen molar-refractivity contribution >= 4 is 22.4 Å². The zero-order chi connectivity index (χ0) is 22.3. The summed E-state index contributed by atoms with van der Waals surface area (Å²) in [6.45, 7) is 6.00. The average Bonchev–Trinajstić information content (AvgIpc) is 2.73. The molecule has 0 bridgehead atoms. The molecular formula is C25H29F2N5. The molecule has 2 N–H and O–H groups in total. The van der Waals surface area contributed by atoms with Gasteiger partial charge in [0.2, 0.25) is 5.92 Å². The van der Waals surface area contributed by atoms with Gasteiger partial charge in [-0.05, 0) is 68.2 Å². The standard InChI is InChI=1S/C25H29F2N5/c1-24(26,27)13-19-4-7-22-21(12-19)23(30-17-29-22)32-15-25(16-32)8-10-31(11-9-25)14-18-2-5-20(28)6-3-18/h2-7,12,17H,8-11,13-16,28H2,1H3. The Hall–Kier alpha value is -2.80. The zero-order valence-corrected chi connectivity index (χ0v) is 18.4. The topological polar surface area (TPSA) is 58.3 Å². The van der Waals surface area contributed by atoms with Crippen LogP contribution in [-0.2, 0) is 13.0 Å². The number of nitrogen functional groups attached to an aromatic ring is 1. The number of fused-ring (bicyclic) bond motifs is 1. The smallest absolute Gasteiger partial charge is 0.249 e. The van der Waals surface area contributed by atoms with Crippen LogP contribution in [0.1, 0.15) is 30.9 Å². The molecule has 2 saturated heterocycles. The molecule has 0 unspecified atom stereocenters. The highest BCUT2D eigenvalue weighted by Crippen LogP contribution is 2.43. The fourth-order valence-corrected chi connectivity index (χ4v) is 5.11. The summed E-state index contributed by atoms with van der Waals surface area (Å²) in [6.07, 6.45) is 3.63. The maximum atomic E-state index is 13.5. The molecule has 3 aromatic rings. The number of anilines is 2. The van der Waals surface area contributed by atoms with Gasteiger partial charge in [-0.2, -0.15) is 0 Å². The van der Waals surface area contributed by atoms with Crippen LogP contribution < -0.4 is 10.6 Å². The molecule has 32 heavy (non-hydrogen) atoms. The first kappa shape index (κ1) is 21.1. The summed E-state index contributed by atoms with van der Waals surface area (Å²) < 4.78 is 27.0. The SMILES string of the molecule is CC(F)(F)Cc1ccc2ncnc(N3CC4(CCN(Cc5ccc(N)cc5)CC4)C3)c2c1. The fraction of sp³-hybridized carbons (Fsp3) is 0.440. The van der Waals surface area contributed by atoms with Gasteiger partial charge in [-0.15, -0.1) is 0 Å². The van der Waals surface area contributed by atoms with Crippen molar-refractivity contribution in [3.05, 3.63) is 59.9 Å². The second-order valence-corrected chi connectivity index (χ2v) is 9.67. The van der Waals surface area contributed by atoms with Crippen molar-refractivity contribution in [2.24, 2.45) is 5.41 Å². The van der Waals surface area contributed by atoms with Gasteiger partial charge in [0.15, 0.2) is 0 Å². The lowest BCUT2D eigenvalue weighted by Gasteiger charge is -2.54. The Labute approximate surface area is 187 Å². The average molecular weight is 438 g/mol. The van der Waals surface area contributed by atoms with Gasteiger partial charge in [-0.1, -0.05) is 18.2 Å². The summed E-state index contributed by atoms with van der Waals surface area (Å²) in [7, 11) is 0. The molecule has 5 nitrogen and oxygen atoms in total. The van der Waals surface area contributed by atoms with Crippen LogP contribution in [0.15, 0.2) is 48.8 Å². The predicted octanol–water partition coefficient (Wildman–Crippen LogP) is 4.51. The second-order valence-electron chi connectivity index (χ2n) is 9.67. The third-order valence-corrected chi connectivity index (χ3v) is 6.85. The summed E-state index contributed by atoms with van der Waals surface area (Å²) in [5.74, 6) is -1.86. The van der Waals surface area contributed by atoms with E-state index < -0.39 is 5.92 Å². The lowest BCUT2D eigenvalue weighted by atomic mass is 9.72. The molecule has 168 valence electrons. The number of piperidine rings is 1. The molecule has 2 aromatic carbocycles. The number of hydrogen-bond acceptors (Lipinski definition) is 5. The van der Waals surface area contributed by atoms with E-state index in [4.69, 9.17) is 5.73 Å². The first-order valence-electron chi connectivity index (χ1n) is 11.2. The van der Waals surface area contributed by atoms with E-state index >= 15 is 0 Å². The molecular weight excluding hydrogens is 408 g/mol. The first-order chi connectivity index (χ1) is 15.3. The van der Waals surface area contributed by atoms with Crippen molar-refractivity contribution in [1.29, 1.82) is 0 Å². The monoisotopic (exact) mass is 437 g/mol. The molecule has 5 rings (SSSR count). The molecule has 0 amide bonds. The fourth-order valence-electron chi connectivity index (χ4n) is 5.11. The first-order valence-corrected chi connectivity index (χ1v) is 11.2. The van der Waals surface area contributed by atoms with Gasteiger partial charge in [0.05, 0.1) is 5.52 Å². The van der Waals surface area contributed by atoms with E-state index in [9.17, 15) is 8.78 Å². The van der Waals surface area contributed by atoms with Crippen LogP contribution in [0.2, 0.25) is 0 Å². The van der Waals surface area contributed by atoms with Gasteiger partial charge in [-0.25, -0.2) is 18.7 Å². The molecule has 0 saturated carbocycles. The van der Waals surface area contributed by atoms with Crippen molar-refractivity contribution in [2.75, 3.05) is 36.8 Å². The highest BCUT2D eigenvalue weighted by atomic mass is 19.3. The molecule has 7 heteroatoms. The summed E-state index contributed by atoms with van der Waals surface area (Å²) in [4.78, 5) is 13.7.